The lowest BCUT2D eigenvalue weighted by Crippen LogP contribution is -2.30. The van der Waals surface area contributed by atoms with Crippen molar-refractivity contribution in [2.24, 2.45) is 0 Å². The van der Waals surface area contributed by atoms with Gasteiger partial charge in [-0.2, -0.15) is 0 Å². The van der Waals surface area contributed by atoms with Crippen molar-refractivity contribution < 1.29 is 19.8 Å². The summed E-state index contributed by atoms with van der Waals surface area (Å²) in [5.74, 6) is -1.41. The number of rotatable bonds is 7. The molecule has 0 aliphatic heterocycles. The summed E-state index contributed by atoms with van der Waals surface area (Å²) >= 11 is 0. The van der Waals surface area contributed by atoms with Gasteiger partial charge in [0, 0.05) is 19.4 Å². The number of benzene rings is 1. The molecule has 5 nitrogen and oxygen atoms in total. The molecule has 1 aromatic carbocycles. The van der Waals surface area contributed by atoms with Crippen molar-refractivity contribution in [3.63, 3.8) is 0 Å². The van der Waals surface area contributed by atoms with Crippen molar-refractivity contribution in [2.75, 3.05) is 6.54 Å². The van der Waals surface area contributed by atoms with E-state index in [1.807, 2.05) is 30.3 Å². The van der Waals surface area contributed by atoms with Crippen molar-refractivity contribution in [2.45, 2.75) is 25.4 Å². The number of carbonyl (C=O) groups is 2. The van der Waals surface area contributed by atoms with Crippen LogP contribution in [0.15, 0.2) is 30.3 Å². The fraction of sp³-hybridized carbons (Fsp3) is 0.385. The van der Waals surface area contributed by atoms with Crippen LogP contribution in [-0.2, 0) is 16.0 Å². The summed E-state index contributed by atoms with van der Waals surface area (Å²) in [5.41, 5.74) is 1.08. The van der Waals surface area contributed by atoms with Crippen LogP contribution in [0.25, 0.3) is 0 Å². The van der Waals surface area contributed by atoms with Crippen LogP contribution in [0.5, 0.6) is 0 Å². The van der Waals surface area contributed by atoms with Gasteiger partial charge in [-0.1, -0.05) is 30.3 Å². The van der Waals surface area contributed by atoms with Crippen molar-refractivity contribution in [3.05, 3.63) is 35.9 Å². The molecule has 98 valence electrons. The van der Waals surface area contributed by atoms with E-state index in [9.17, 15) is 9.59 Å². The standard InChI is InChI=1S/C13H17NO4/c15-11(13(17)18)8-9-14-12(16)7-6-10-4-2-1-3-5-10/h1-5,11,15H,6-9H2,(H,14,16)(H,17,18). The van der Waals surface area contributed by atoms with Gasteiger partial charge >= 0.3 is 5.97 Å². The normalized spacial score (nSPS) is 11.8. The largest absolute Gasteiger partial charge is 0.479 e. The molecule has 0 fully saturated rings. The van der Waals surface area contributed by atoms with Gasteiger partial charge in [0.05, 0.1) is 0 Å². The number of aliphatic hydroxyl groups excluding tert-OH is 1. The maximum atomic E-state index is 11.4. The first-order valence-electron chi connectivity index (χ1n) is 5.81. The summed E-state index contributed by atoms with van der Waals surface area (Å²) < 4.78 is 0. The first-order valence-corrected chi connectivity index (χ1v) is 5.81. The lowest BCUT2D eigenvalue weighted by molar-refractivity contribution is -0.147. The first kappa shape index (κ1) is 14.2. The molecule has 3 N–H and O–H groups in total. The van der Waals surface area contributed by atoms with E-state index in [-0.39, 0.29) is 18.9 Å². The Kier molecular flexibility index (Phi) is 5.87. The molecule has 0 aliphatic carbocycles. The van der Waals surface area contributed by atoms with E-state index < -0.39 is 12.1 Å². The van der Waals surface area contributed by atoms with Gasteiger partial charge in [0.25, 0.3) is 0 Å². The number of hydrogen-bond acceptors (Lipinski definition) is 3. The SMILES string of the molecule is O=C(CCc1ccccc1)NCCC(O)C(=O)O. The molecule has 1 amide bonds. The van der Waals surface area contributed by atoms with Crippen molar-refractivity contribution in [1.29, 1.82) is 0 Å². The van der Waals surface area contributed by atoms with Crippen LogP contribution in [0.2, 0.25) is 0 Å². The van der Waals surface area contributed by atoms with Crippen LogP contribution < -0.4 is 5.32 Å². The molecule has 0 aliphatic rings. The van der Waals surface area contributed by atoms with Crippen LogP contribution in [0.3, 0.4) is 0 Å². The Morgan fingerprint density at radius 3 is 2.50 bits per heavy atom. The molecule has 0 saturated heterocycles. The number of hydrogen-bond donors (Lipinski definition) is 3. The first-order chi connectivity index (χ1) is 8.59. The Labute approximate surface area is 105 Å². The zero-order valence-corrected chi connectivity index (χ0v) is 10.0. The quantitative estimate of drug-likeness (QED) is 0.661. The second-order valence-electron chi connectivity index (χ2n) is 3.98. The molecule has 0 heterocycles. The molecule has 1 atom stereocenters. The Morgan fingerprint density at radius 1 is 1.22 bits per heavy atom. The number of nitrogens with one attached hydrogen (secondary N) is 1. The summed E-state index contributed by atoms with van der Waals surface area (Å²) in [6, 6.07) is 9.63. The van der Waals surface area contributed by atoms with E-state index in [0.29, 0.717) is 12.8 Å². The Bertz CT molecular complexity index is 391. The predicted octanol–water partition coefficient (Wildman–Crippen LogP) is 0.571. The Hall–Kier alpha value is -1.88. The number of aliphatic carboxylic acids is 1. The van der Waals surface area contributed by atoms with E-state index in [0.717, 1.165) is 5.56 Å². The lowest BCUT2D eigenvalue weighted by Gasteiger charge is -2.07. The van der Waals surface area contributed by atoms with Crippen molar-refractivity contribution in [3.8, 4) is 0 Å². The number of carboxylic acid groups (broad SMARTS) is 1. The van der Waals surface area contributed by atoms with E-state index in [2.05, 4.69) is 5.32 Å². The number of carbonyl (C=O) groups excluding carboxylic acids is 1. The van der Waals surface area contributed by atoms with Gasteiger partial charge in [0.2, 0.25) is 5.91 Å². The third-order valence-corrected chi connectivity index (χ3v) is 2.51. The number of aryl methyl sites for hydroxylation is 1. The fourth-order valence-electron chi connectivity index (χ4n) is 1.46. The summed E-state index contributed by atoms with van der Waals surface area (Å²) in [7, 11) is 0. The van der Waals surface area contributed by atoms with Crippen LogP contribution >= 0.6 is 0 Å². The summed E-state index contributed by atoms with van der Waals surface area (Å²) in [5, 5.41) is 20.0. The molecular formula is C13H17NO4. The van der Waals surface area contributed by atoms with E-state index in [1.54, 1.807) is 0 Å². The second kappa shape index (κ2) is 7.45. The maximum Gasteiger partial charge on any atom is 0.332 e. The van der Waals surface area contributed by atoms with Gasteiger partial charge in [0.1, 0.15) is 0 Å². The minimum Gasteiger partial charge on any atom is -0.479 e. The highest BCUT2D eigenvalue weighted by molar-refractivity contribution is 5.76. The molecule has 0 aromatic heterocycles. The third-order valence-electron chi connectivity index (χ3n) is 2.51. The molecule has 1 unspecified atom stereocenters. The molecule has 0 bridgehead atoms. The zero-order chi connectivity index (χ0) is 13.4. The average molecular weight is 251 g/mol. The number of amides is 1. The van der Waals surface area contributed by atoms with Gasteiger partial charge in [-0.15, -0.1) is 0 Å². The average Bonchev–Trinajstić information content (AvgIpc) is 2.37. The van der Waals surface area contributed by atoms with Gasteiger partial charge in [-0.25, -0.2) is 4.79 Å². The smallest absolute Gasteiger partial charge is 0.332 e. The van der Waals surface area contributed by atoms with Gasteiger partial charge < -0.3 is 15.5 Å². The fourth-order valence-corrected chi connectivity index (χ4v) is 1.46. The van der Waals surface area contributed by atoms with Gasteiger partial charge in [0.15, 0.2) is 6.10 Å². The van der Waals surface area contributed by atoms with Crippen LogP contribution in [0.4, 0.5) is 0 Å². The molecule has 0 saturated carbocycles. The third kappa shape index (κ3) is 5.45. The molecule has 1 aromatic rings. The highest BCUT2D eigenvalue weighted by Crippen LogP contribution is 2.02. The molecular weight excluding hydrogens is 234 g/mol. The van der Waals surface area contributed by atoms with E-state index in [4.69, 9.17) is 10.2 Å². The molecule has 0 spiro atoms. The highest BCUT2D eigenvalue weighted by Gasteiger charge is 2.12. The summed E-state index contributed by atoms with van der Waals surface area (Å²) in [4.78, 5) is 21.8. The maximum absolute atomic E-state index is 11.4. The van der Waals surface area contributed by atoms with Crippen molar-refractivity contribution in [1.82, 2.24) is 5.32 Å². The molecule has 0 radical (unpaired) electrons. The zero-order valence-electron chi connectivity index (χ0n) is 10.0. The Balaban J connectivity index is 2.17. The highest BCUT2D eigenvalue weighted by atomic mass is 16.4. The number of aliphatic hydroxyl groups is 1. The van der Waals surface area contributed by atoms with Crippen LogP contribution in [0.1, 0.15) is 18.4 Å². The molecule has 1 rings (SSSR count). The van der Waals surface area contributed by atoms with E-state index >= 15 is 0 Å². The van der Waals surface area contributed by atoms with Gasteiger partial charge in [-0.3, -0.25) is 4.79 Å². The number of carboxylic acids is 1. The topological polar surface area (TPSA) is 86.6 Å². The molecule has 5 heteroatoms. The summed E-state index contributed by atoms with van der Waals surface area (Å²) in [6.07, 6.45) is -0.396. The van der Waals surface area contributed by atoms with E-state index in [1.165, 1.54) is 0 Å². The lowest BCUT2D eigenvalue weighted by atomic mass is 10.1. The van der Waals surface area contributed by atoms with Gasteiger partial charge in [-0.05, 0) is 12.0 Å². The van der Waals surface area contributed by atoms with Crippen LogP contribution in [-0.4, -0.2) is 34.7 Å². The van der Waals surface area contributed by atoms with Crippen molar-refractivity contribution >= 4 is 11.9 Å². The van der Waals surface area contributed by atoms with Crippen LogP contribution in [0, 0.1) is 0 Å². The minimum atomic E-state index is -1.42. The minimum absolute atomic E-state index is 0.0202. The molecule has 18 heavy (non-hydrogen) atoms. The predicted molar refractivity (Wildman–Crippen MR) is 66.0 cm³/mol. The second-order valence-corrected chi connectivity index (χ2v) is 3.98. The Morgan fingerprint density at radius 2 is 1.89 bits per heavy atom. The monoisotopic (exact) mass is 251 g/mol. The summed E-state index contributed by atoms with van der Waals surface area (Å²) in [6.45, 7) is 0.168.